The Bertz CT molecular complexity index is 261. The van der Waals surface area contributed by atoms with E-state index in [2.05, 4.69) is 5.32 Å². The second-order valence-corrected chi connectivity index (χ2v) is 3.71. The molecule has 13 heavy (non-hydrogen) atoms. The highest BCUT2D eigenvalue weighted by molar-refractivity contribution is 8.13. The van der Waals surface area contributed by atoms with Crippen LogP contribution in [0.15, 0.2) is 30.3 Å². The normalized spacial score (nSPS) is 9.92. The van der Waals surface area contributed by atoms with Crippen LogP contribution in [0, 0.1) is 0 Å². The van der Waals surface area contributed by atoms with Gasteiger partial charge in [0.1, 0.15) is 0 Å². The quantitative estimate of drug-likeness (QED) is 0.792. The highest BCUT2D eigenvalue weighted by Gasteiger charge is 2.00. The molecule has 0 amide bonds. The fourth-order valence-corrected chi connectivity index (χ4v) is 1.70. The van der Waals surface area contributed by atoms with Gasteiger partial charge in [0.15, 0.2) is 0 Å². The molecule has 0 radical (unpaired) electrons. The highest BCUT2D eigenvalue weighted by Crippen LogP contribution is 2.11. The van der Waals surface area contributed by atoms with Gasteiger partial charge < -0.3 is 5.32 Å². The standard InChI is InChI=1S/C10H13NOS/c1-11-7-10(12)13-8-9-5-3-2-4-6-9/h2-6,11H,7-8H2,1H3. The van der Waals surface area contributed by atoms with Gasteiger partial charge >= 0.3 is 0 Å². The first-order chi connectivity index (χ1) is 6.33. The summed E-state index contributed by atoms with van der Waals surface area (Å²) in [5.41, 5.74) is 1.19. The monoisotopic (exact) mass is 195 g/mol. The molecular formula is C10H13NOS. The van der Waals surface area contributed by atoms with E-state index < -0.39 is 0 Å². The summed E-state index contributed by atoms with van der Waals surface area (Å²) < 4.78 is 0. The van der Waals surface area contributed by atoms with Crippen molar-refractivity contribution in [2.45, 2.75) is 5.75 Å². The molecule has 0 aliphatic rings. The van der Waals surface area contributed by atoms with Gasteiger partial charge in [-0.2, -0.15) is 0 Å². The summed E-state index contributed by atoms with van der Waals surface area (Å²) in [7, 11) is 1.78. The molecule has 0 atom stereocenters. The summed E-state index contributed by atoms with van der Waals surface area (Å²) in [6.07, 6.45) is 0. The smallest absolute Gasteiger partial charge is 0.203 e. The number of rotatable bonds is 4. The second-order valence-electron chi connectivity index (χ2n) is 2.68. The van der Waals surface area contributed by atoms with Gasteiger partial charge in [-0.15, -0.1) is 0 Å². The molecule has 3 heteroatoms. The number of carbonyl (C=O) groups excluding carboxylic acids is 1. The maximum absolute atomic E-state index is 11.1. The number of thioether (sulfide) groups is 1. The number of hydrogen-bond acceptors (Lipinski definition) is 3. The van der Waals surface area contributed by atoms with Gasteiger partial charge in [-0.3, -0.25) is 4.79 Å². The molecule has 2 nitrogen and oxygen atoms in total. The van der Waals surface area contributed by atoms with Crippen molar-refractivity contribution in [1.82, 2.24) is 5.32 Å². The van der Waals surface area contributed by atoms with Crippen molar-refractivity contribution in [3.63, 3.8) is 0 Å². The van der Waals surface area contributed by atoms with E-state index in [1.165, 1.54) is 17.3 Å². The Balaban J connectivity index is 2.31. The predicted octanol–water partition coefficient (Wildman–Crippen LogP) is 1.67. The molecule has 0 bridgehead atoms. The van der Waals surface area contributed by atoms with Crippen LogP contribution in [0.4, 0.5) is 0 Å². The number of nitrogens with one attached hydrogen (secondary N) is 1. The van der Waals surface area contributed by atoms with Crippen molar-refractivity contribution < 1.29 is 4.79 Å². The maximum atomic E-state index is 11.1. The summed E-state index contributed by atoms with van der Waals surface area (Å²) in [5.74, 6) is 0.765. The van der Waals surface area contributed by atoms with Crippen LogP contribution < -0.4 is 5.32 Å². The number of carbonyl (C=O) groups is 1. The molecular weight excluding hydrogens is 182 g/mol. The Labute approximate surface area is 82.7 Å². The largest absolute Gasteiger partial charge is 0.312 e. The van der Waals surface area contributed by atoms with Gasteiger partial charge in [0.2, 0.25) is 5.12 Å². The highest BCUT2D eigenvalue weighted by atomic mass is 32.2. The summed E-state index contributed by atoms with van der Waals surface area (Å²) >= 11 is 1.35. The lowest BCUT2D eigenvalue weighted by atomic mass is 10.2. The van der Waals surface area contributed by atoms with Crippen LogP contribution in [-0.2, 0) is 10.5 Å². The fraction of sp³-hybridized carbons (Fsp3) is 0.300. The van der Waals surface area contributed by atoms with Crippen LogP contribution in [-0.4, -0.2) is 18.7 Å². The van der Waals surface area contributed by atoms with Crippen molar-refractivity contribution in [3.05, 3.63) is 35.9 Å². The van der Waals surface area contributed by atoms with E-state index >= 15 is 0 Å². The first-order valence-corrected chi connectivity index (χ1v) is 5.15. The minimum absolute atomic E-state index is 0.186. The van der Waals surface area contributed by atoms with Crippen molar-refractivity contribution >= 4 is 16.9 Å². The minimum Gasteiger partial charge on any atom is -0.312 e. The fourth-order valence-electron chi connectivity index (χ4n) is 0.933. The molecule has 0 saturated carbocycles. The average molecular weight is 195 g/mol. The molecule has 0 spiro atoms. The number of likely N-dealkylation sites (N-methyl/N-ethyl adjacent to an activating group) is 1. The van der Waals surface area contributed by atoms with Crippen LogP contribution in [0.25, 0.3) is 0 Å². The van der Waals surface area contributed by atoms with Gasteiger partial charge in [-0.1, -0.05) is 42.1 Å². The molecule has 70 valence electrons. The maximum Gasteiger partial charge on any atom is 0.203 e. The molecule has 0 aliphatic carbocycles. The van der Waals surface area contributed by atoms with Gasteiger partial charge in [0.25, 0.3) is 0 Å². The minimum atomic E-state index is 0.186. The van der Waals surface area contributed by atoms with Crippen LogP contribution in [0.3, 0.4) is 0 Å². The van der Waals surface area contributed by atoms with Crippen LogP contribution in [0.2, 0.25) is 0 Å². The Morgan fingerprint density at radius 3 is 2.69 bits per heavy atom. The molecule has 1 rings (SSSR count). The topological polar surface area (TPSA) is 29.1 Å². The Kier molecular flexibility index (Phi) is 4.57. The lowest BCUT2D eigenvalue weighted by molar-refractivity contribution is -0.110. The van der Waals surface area contributed by atoms with Crippen LogP contribution in [0.1, 0.15) is 5.56 Å². The zero-order valence-electron chi connectivity index (χ0n) is 7.62. The van der Waals surface area contributed by atoms with Crippen LogP contribution in [0.5, 0.6) is 0 Å². The molecule has 1 N–H and O–H groups in total. The molecule has 1 aromatic rings. The van der Waals surface area contributed by atoms with E-state index in [4.69, 9.17) is 0 Å². The number of benzene rings is 1. The Morgan fingerprint density at radius 2 is 2.08 bits per heavy atom. The molecule has 1 aromatic carbocycles. The summed E-state index contributed by atoms with van der Waals surface area (Å²) in [5, 5.41) is 3.02. The molecule has 0 heterocycles. The van der Waals surface area contributed by atoms with E-state index in [0.29, 0.717) is 6.54 Å². The first kappa shape index (κ1) is 10.3. The average Bonchev–Trinajstić information content (AvgIpc) is 2.17. The van der Waals surface area contributed by atoms with Crippen molar-refractivity contribution in [3.8, 4) is 0 Å². The van der Waals surface area contributed by atoms with Gasteiger partial charge in [0, 0.05) is 5.75 Å². The van der Waals surface area contributed by atoms with Crippen LogP contribution >= 0.6 is 11.8 Å². The third-order valence-electron chi connectivity index (χ3n) is 1.56. The molecule has 0 saturated heterocycles. The molecule has 0 aliphatic heterocycles. The Hall–Kier alpha value is -0.800. The van der Waals surface area contributed by atoms with Gasteiger partial charge in [0.05, 0.1) is 6.54 Å². The van der Waals surface area contributed by atoms with E-state index in [-0.39, 0.29) is 5.12 Å². The Morgan fingerprint density at radius 1 is 1.38 bits per heavy atom. The van der Waals surface area contributed by atoms with E-state index in [9.17, 15) is 4.79 Å². The van der Waals surface area contributed by atoms with E-state index in [0.717, 1.165) is 5.75 Å². The van der Waals surface area contributed by atoms with Crippen molar-refractivity contribution in [2.75, 3.05) is 13.6 Å². The van der Waals surface area contributed by atoms with E-state index in [1.807, 2.05) is 30.3 Å². The summed E-state index contributed by atoms with van der Waals surface area (Å²) in [6, 6.07) is 10.00. The molecule has 0 aromatic heterocycles. The zero-order chi connectivity index (χ0) is 9.52. The van der Waals surface area contributed by atoms with Crippen molar-refractivity contribution in [2.24, 2.45) is 0 Å². The van der Waals surface area contributed by atoms with Gasteiger partial charge in [-0.05, 0) is 12.6 Å². The third kappa shape index (κ3) is 4.10. The predicted molar refractivity (Wildman–Crippen MR) is 56.7 cm³/mol. The van der Waals surface area contributed by atoms with E-state index in [1.54, 1.807) is 7.05 Å². The van der Waals surface area contributed by atoms with Crippen molar-refractivity contribution in [1.29, 1.82) is 0 Å². The lowest BCUT2D eigenvalue weighted by Crippen LogP contribution is -2.15. The lowest BCUT2D eigenvalue weighted by Gasteiger charge is -1.99. The molecule has 0 fully saturated rings. The zero-order valence-corrected chi connectivity index (χ0v) is 8.43. The first-order valence-electron chi connectivity index (χ1n) is 4.17. The SMILES string of the molecule is CNCC(=O)SCc1ccccc1. The summed E-state index contributed by atoms with van der Waals surface area (Å²) in [6.45, 7) is 0.442. The number of hydrogen-bond donors (Lipinski definition) is 1. The van der Waals surface area contributed by atoms with Gasteiger partial charge in [-0.25, -0.2) is 0 Å². The third-order valence-corrected chi connectivity index (χ3v) is 2.51. The summed E-state index contributed by atoms with van der Waals surface area (Å²) in [4.78, 5) is 11.1. The molecule has 0 unspecified atom stereocenters. The second kappa shape index (κ2) is 5.78.